The Bertz CT molecular complexity index is 1430. The molecule has 0 atom stereocenters. The number of amides is 2. The maximum atomic E-state index is 12.8. The molecule has 10 nitrogen and oxygen atoms in total. The second kappa shape index (κ2) is 10.3. The van der Waals surface area contributed by atoms with Crippen LogP contribution >= 0.6 is 11.3 Å². The van der Waals surface area contributed by atoms with Gasteiger partial charge in [-0.2, -0.15) is 9.61 Å². The molecule has 3 heterocycles. The molecule has 1 aliphatic rings. The van der Waals surface area contributed by atoms with Crippen LogP contribution in [0.4, 0.5) is 10.5 Å². The maximum Gasteiger partial charge on any atom is 0.321 e. The van der Waals surface area contributed by atoms with E-state index in [1.54, 1.807) is 37.3 Å². The minimum atomic E-state index is -0.193. The molecule has 1 saturated heterocycles. The fraction of sp³-hybridized carbons (Fsp3) is 0.280. The molecule has 36 heavy (non-hydrogen) atoms. The summed E-state index contributed by atoms with van der Waals surface area (Å²) in [6.07, 6.45) is 0. The van der Waals surface area contributed by atoms with E-state index >= 15 is 0 Å². The van der Waals surface area contributed by atoms with E-state index in [0.717, 1.165) is 10.6 Å². The van der Waals surface area contributed by atoms with Gasteiger partial charge < -0.3 is 19.7 Å². The van der Waals surface area contributed by atoms with Crippen molar-refractivity contribution in [2.45, 2.75) is 6.54 Å². The van der Waals surface area contributed by atoms with Gasteiger partial charge >= 0.3 is 6.03 Å². The molecule has 1 fully saturated rings. The zero-order chi connectivity index (χ0) is 25.1. The first-order valence-electron chi connectivity index (χ1n) is 11.5. The van der Waals surface area contributed by atoms with E-state index in [2.05, 4.69) is 20.3 Å². The van der Waals surface area contributed by atoms with Gasteiger partial charge in [0.1, 0.15) is 5.01 Å². The van der Waals surface area contributed by atoms with E-state index in [1.165, 1.54) is 21.9 Å². The molecular weight excluding hydrogens is 480 g/mol. The van der Waals surface area contributed by atoms with E-state index < -0.39 is 0 Å². The third kappa shape index (κ3) is 5.02. The smallest absolute Gasteiger partial charge is 0.321 e. The molecule has 0 bridgehead atoms. The Hall–Kier alpha value is -3.96. The van der Waals surface area contributed by atoms with Crippen molar-refractivity contribution >= 4 is 28.0 Å². The van der Waals surface area contributed by atoms with Gasteiger partial charge in [-0.15, -0.1) is 0 Å². The number of nitrogens with one attached hydrogen (secondary N) is 1. The van der Waals surface area contributed by atoms with Gasteiger partial charge in [0.05, 0.1) is 19.9 Å². The third-order valence-corrected chi connectivity index (χ3v) is 6.96. The Kier molecular flexibility index (Phi) is 6.83. The SMILES string of the molecule is COc1ccc(NC(=O)N2CCN(Cc3cc(=O)n4nc(-c5ccccc5)sc4n3)CC2)cc1OC. The summed E-state index contributed by atoms with van der Waals surface area (Å²) in [7, 11) is 3.13. The van der Waals surface area contributed by atoms with Gasteiger partial charge in [-0.3, -0.25) is 9.69 Å². The lowest BCUT2D eigenvalue weighted by Gasteiger charge is -2.34. The number of piperazine rings is 1. The lowest BCUT2D eigenvalue weighted by Crippen LogP contribution is -2.49. The van der Waals surface area contributed by atoms with Crippen LogP contribution in [0.3, 0.4) is 0 Å². The Balaban J connectivity index is 1.20. The van der Waals surface area contributed by atoms with Crippen molar-refractivity contribution in [3.05, 3.63) is 70.6 Å². The molecule has 0 unspecified atom stereocenters. The summed E-state index contributed by atoms with van der Waals surface area (Å²) in [6, 6.07) is 16.4. The van der Waals surface area contributed by atoms with E-state index in [4.69, 9.17) is 9.47 Å². The highest BCUT2D eigenvalue weighted by molar-refractivity contribution is 7.19. The molecule has 0 aliphatic carbocycles. The average Bonchev–Trinajstić information content (AvgIpc) is 3.34. The van der Waals surface area contributed by atoms with Crippen molar-refractivity contribution in [1.82, 2.24) is 24.4 Å². The fourth-order valence-corrected chi connectivity index (χ4v) is 5.02. The van der Waals surface area contributed by atoms with Crippen LogP contribution in [0.2, 0.25) is 0 Å². The Morgan fingerprint density at radius 1 is 1.00 bits per heavy atom. The molecule has 0 radical (unpaired) electrons. The minimum Gasteiger partial charge on any atom is -0.493 e. The highest BCUT2D eigenvalue weighted by atomic mass is 32.1. The highest BCUT2D eigenvalue weighted by Crippen LogP contribution is 2.30. The Labute approximate surface area is 211 Å². The number of methoxy groups -OCH3 is 2. The van der Waals surface area contributed by atoms with Gasteiger partial charge in [0.25, 0.3) is 5.56 Å². The molecule has 11 heteroatoms. The molecule has 1 aliphatic heterocycles. The van der Waals surface area contributed by atoms with Crippen molar-refractivity contribution in [3.8, 4) is 22.1 Å². The Morgan fingerprint density at radius 2 is 1.75 bits per heavy atom. The number of nitrogens with zero attached hydrogens (tertiary/aromatic N) is 5. The summed E-state index contributed by atoms with van der Waals surface area (Å²) in [4.78, 5) is 34.6. The summed E-state index contributed by atoms with van der Waals surface area (Å²) in [5.41, 5.74) is 2.10. The number of hydrogen-bond acceptors (Lipinski definition) is 8. The molecule has 4 aromatic rings. The van der Waals surface area contributed by atoms with E-state index in [1.807, 2.05) is 30.3 Å². The third-order valence-electron chi connectivity index (χ3n) is 6.00. The monoisotopic (exact) mass is 506 g/mol. The summed E-state index contributed by atoms with van der Waals surface area (Å²) in [5.74, 6) is 1.16. The lowest BCUT2D eigenvalue weighted by molar-refractivity contribution is 0.142. The second-order valence-corrected chi connectivity index (χ2v) is 9.27. The average molecular weight is 507 g/mol. The van der Waals surface area contributed by atoms with Crippen molar-refractivity contribution in [2.24, 2.45) is 0 Å². The van der Waals surface area contributed by atoms with Crippen LogP contribution in [-0.2, 0) is 6.54 Å². The summed E-state index contributed by atoms with van der Waals surface area (Å²) < 4.78 is 11.9. The number of anilines is 1. The number of rotatable bonds is 6. The Morgan fingerprint density at radius 3 is 2.47 bits per heavy atom. The number of urea groups is 1. The first kappa shape index (κ1) is 23.8. The largest absolute Gasteiger partial charge is 0.493 e. The zero-order valence-electron chi connectivity index (χ0n) is 20.0. The van der Waals surface area contributed by atoms with Crippen LogP contribution in [-0.4, -0.2) is 70.8 Å². The molecule has 0 saturated carbocycles. The second-order valence-electron chi connectivity index (χ2n) is 8.32. The van der Waals surface area contributed by atoms with Gasteiger partial charge in [-0.1, -0.05) is 41.7 Å². The van der Waals surface area contributed by atoms with Gasteiger partial charge in [0.15, 0.2) is 11.5 Å². The minimum absolute atomic E-state index is 0.169. The van der Waals surface area contributed by atoms with Crippen molar-refractivity contribution in [3.63, 3.8) is 0 Å². The van der Waals surface area contributed by atoms with Crippen LogP contribution in [0.15, 0.2) is 59.4 Å². The van der Waals surface area contributed by atoms with E-state index in [-0.39, 0.29) is 11.6 Å². The van der Waals surface area contributed by atoms with Gasteiger partial charge in [0, 0.05) is 56.1 Å². The highest BCUT2D eigenvalue weighted by Gasteiger charge is 2.22. The lowest BCUT2D eigenvalue weighted by atomic mass is 10.2. The molecular formula is C25H26N6O4S. The standard InChI is InChI=1S/C25H26N6O4S/c1-34-20-9-8-18(14-21(20)35-2)26-24(33)30-12-10-29(11-13-30)16-19-15-22(32)31-25(27-19)36-23(28-31)17-6-4-3-5-7-17/h3-9,14-15H,10-13,16H2,1-2H3,(H,26,33). The molecule has 2 aromatic heterocycles. The number of benzene rings is 2. The normalized spacial score (nSPS) is 14.1. The van der Waals surface area contributed by atoms with Gasteiger partial charge in [0.2, 0.25) is 4.96 Å². The molecule has 0 spiro atoms. The summed E-state index contributed by atoms with van der Waals surface area (Å²) in [5, 5.41) is 8.11. The predicted octanol–water partition coefficient (Wildman–Crippen LogP) is 3.18. The van der Waals surface area contributed by atoms with E-state index in [0.29, 0.717) is 60.6 Å². The van der Waals surface area contributed by atoms with E-state index in [9.17, 15) is 9.59 Å². The van der Waals surface area contributed by atoms with Crippen molar-refractivity contribution < 1.29 is 14.3 Å². The van der Waals surface area contributed by atoms with Crippen molar-refractivity contribution in [1.29, 1.82) is 0 Å². The number of carbonyl (C=O) groups is 1. The molecule has 5 rings (SSSR count). The van der Waals surface area contributed by atoms with Crippen LogP contribution in [0.25, 0.3) is 15.5 Å². The molecule has 2 aromatic carbocycles. The first-order valence-corrected chi connectivity index (χ1v) is 12.3. The zero-order valence-corrected chi connectivity index (χ0v) is 20.8. The summed E-state index contributed by atoms with van der Waals surface area (Å²) in [6.45, 7) is 3.03. The number of aromatic nitrogens is 3. The summed E-state index contributed by atoms with van der Waals surface area (Å²) >= 11 is 1.40. The van der Waals surface area contributed by atoms with Crippen LogP contribution in [0, 0.1) is 0 Å². The molecule has 2 amide bonds. The topological polar surface area (TPSA) is 101 Å². The fourth-order valence-electron chi connectivity index (χ4n) is 4.09. The van der Waals surface area contributed by atoms with Crippen LogP contribution < -0.4 is 20.3 Å². The predicted molar refractivity (Wildman–Crippen MR) is 138 cm³/mol. The van der Waals surface area contributed by atoms with Crippen LogP contribution in [0.1, 0.15) is 5.69 Å². The van der Waals surface area contributed by atoms with Crippen molar-refractivity contribution in [2.75, 3.05) is 45.7 Å². The van der Waals surface area contributed by atoms with Gasteiger partial charge in [-0.05, 0) is 12.1 Å². The molecule has 186 valence electrons. The maximum absolute atomic E-state index is 12.8. The number of fused-ring (bicyclic) bond motifs is 1. The number of carbonyl (C=O) groups excluding carboxylic acids is 1. The number of ether oxygens (including phenoxy) is 2. The number of hydrogen-bond donors (Lipinski definition) is 1. The first-order chi connectivity index (χ1) is 17.5. The van der Waals surface area contributed by atoms with Crippen LogP contribution in [0.5, 0.6) is 11.5 Å². The van der Waals surface area contributed by atoms with Gasteiger partial charge in [-0.25, -0.2) is 9.78 Å². The quantitative estimate of drug-likeness (QED) is 0.429. The molecule has 1 N–H and O–H groups in total.